The molecule has 0 aliphatic carbocycles. The number of hydrogen-bond acceptors (Lipinski definition) is 3. The number of methoxy groups -OCH3 is 1. The Morgan fingerprint density at radius 3 is 2.84 bits per heavy atom. The summed E-state index contributed by atoms with van der Waals surface area (Å²) in [5, 5.41) is 6.45. The van der Waals surface area contributed by atoms with E-state index < -0.39 is 0 Å². The molecule has 25 heavy (non-hydrogen) atoms. The summed E-state index contributed by atoms with van der Waals surface area (Å²) in [5.74, 6) is 0.841. The van der Waals surface area contributed by atoms with Crippen molar-refractivity contribution in [1.29, 1.82) is 0 Å². The molecule has 0 aliphatic heterocycles. The SMILES string of the molecule is COc1ccc2c(c1)c(-c1cc3c(ncc4c[nH]n(C)c43)n1)cn2C. The Morgan fingerprint density at radius 1 is 1.12 bits per heavy atom. The van der Waals surface area contributed by atoms with E-state index in [4.69, 9.17) is 9.72 Å². The van der Waals surface area contributed by atoms with Crippen molar-refractivity contribution in [2.45, 2.75) is 0 Å². The number of H-pyrrole nitrogens is 1. The maximum atomic E-state index is 5.39. The molecule has 0 radical (unpaired) electrons. The molecule has 0 unspecified atom stereocenters. The second-order valence-electron chi connectivity index (χ2n) is 6.31. The molecule has 1 aromatic carbocycles. The molecule has 4 aromatic heterocycles. The van der Waals surface area contributed by atoms with Crippen molar-refractivity contribution in [3.63, 3.8) is 0 Å². The number of pyridine rings is 1. The standard InChI is InChI=1S/C19H17N5O/c1-23-10-15(13-6-12(25-3)4-5-17(13)23)16-7-14-18-11(9-21-24(18)2)8-20-19(14)22-16/h4-10,21H,1-3H3. The van der Waals surface area contributed by atoms with Crippen molar-refractivity contribution in [2.24, 2.45) is 14.1 Å². The molecule has 124 valence electrons. The number of rotatable bonds is 2. The van der Waals surface area contributed by atoms with E-state index in [-0.39, 0.29) is 0 Å². The molecular weight excluding hydrogens is 314 g/mol. The van der Waals surface area contributed by atoms with Gasteiger partial charge in [-0.1, -0.05) is 0 Å². The minimum atomic E-state index is 0.762. The highest BCUT2D eigenvalue weighted by Gasteiger charge is 2.15. The van der Waals surface area contributed by atoms with Crippen LogP contribution >= 0.6 is 0 Å². The van der Waals surface area contributed by atoms with E-state index in [2.05, 4.69) is 39.0 Å². The molecule has 0 spiro atoms. The van der Waals surface area contributed by atoms with Crippen LogP contribution < -0.4 is 4.74 Å². The van der Waals surface area contributed by atoms with Crippen LogP contribution in [0.4, 0.5) is 0 Å². The van der Waals surface area contributed by atoms with Gasteiger partial charge in [0.15, 0.2) is 5.65 Å². The van der Waals surface area contributed by atoms with Crippen LogP contribution in [0.15, 0.2) is 42.9 Å². The summed E-state index contributed by atoms with van der Waals surface area (Å²) in [5.41, 5.74) is 5.03. The Morgan fingerprint density at radius 2 is 2.00 bits per heavy atom. The van der Waals surface area contributed by atoms with Crippen molar-refractivity contribution < 1.29 is 4.74 Å². The van der Waals surface area contributed by atoms with E-state index in [0.29, 0.717) is 0 Å². The number of benzene rings is 1. The van der Waals surface area contributed by atoms with Crippen LogP contribution in [0.1, 0.15) is 0 Å². The van der Waals surface area contributed by atoms with E-state index in [1.54, 1.807) is 7.11 Å². The summed E-state index contributed by atoms with van der Waals surface area (Å²) in [6, 6.07) is 8.23. The normalized spacial score (nSPS) is 11.8. The van der Waals surface area contributed by atoms with Gasteiger partial charge in [-0.2, -0.15) is 0 Å². The van der Waals surface area contributed by atoms with E-state index >= 15 is 0 Å². The van der Waals surface area contributed by atoms with Gasteiger partial charge in [0.25, 0.3) is 0 Å². The molecule has 5 aromatic rings. The molecular formula is C19H17N5O. The average Bonchev–Trinajstić information content (AvgIpc) is 3.30. The Bertz CT molecular complexity index is 1260. The molecule has 0 bridgehead atoms. The number of aromatic nitrogens is 5. The summed E-state index contributed by atoms with van der Waals surface area (Å²) in [4.78, 5) is 9.29. The second kappa shape index (κ2) is 4.86. The number of nitrogens with one attached hydrogen (secondary N) is 1. The first-order valence-corrected chi connectivity index (χ1v) is 8.08. The molecule has 0 atom stereocenters. The van der Waals surface area contributed by atoms with Gasteiger partial charge in [0.05, 0.1) is 18.3 Å². The zero-order valence-electron chi connectivity index (χ0n) is 14.2. The Kier molecular flexibility index (Phi) is 2.74. The third-order valence-electron chi connectivity index (χ3n) is 4.82. The highest BCUT2D eigenvalue weighted by atomic mass is 16.5. The summed E-state index contributed by atoms with van der Waals surface area (Å²) in [6.07, 6.45) is 5.92. The van der Waals surface area contributed by atoms with E-state index in [0.717, 1.165) is 49.8 Å². The van der Waals surface area contributed by atoms with E-state index in [1.807, 2.05) is 37.2 Å². The molecule has 0 aliphatic rings. The molecule has 0 amide bonds. The lowest BCUT2D eigenvalue weighted by atomic mass is 10.1. The summed E-state index contributed by atoms with van der Waals surface area (Å²) >= 11 is 0. The smallest absolute Gasteiger partial charge is 0.162 e. The highest BCUT2D eigenvalue weighted by molar-refractivity contribution is 6.06. The monoisotopic (exact) mass is 331 g/mol. The van der Waals surface area contributed by atoms with Gasteiger partial charge < -0.3 is 14.4 Å². The van der Waals surface area contributed by atoms with Gasteiger partial charge in [0.2, 0.25) is 0 Å². The average molecular weight is 331 g/mol. The molecule has 0 saturated heterocycles. The first kappa shape index (κ1) is 14.1. The molecule has 0 fully saturated rings. The van der Waals surface area contributed by atoms with Crippen molar-refractivity contribution in [3.05, 3.63) is 42.9 Å². The number of aryl methyl sites for hydroxylation is 2. The van der Waals surface area contributed by atoms with Crippen LogP contribution in [0.3, 0.4) is 0 Å². The molecule has 6 heteroatoms. The third-order valence-corrected chi connectivity index (χ3v) is 4.82. The maximum Gasteiger partial charge on any atom is 0.162 e. The Balaban J connectivity index is 1.82. The Labute approximate surface area is 143 Å². The lowest BCUT2D eigenvalue weighted by Crippen LogP contribution is -1.89. The van der Waals surface area contributed by atoms with Gasteiger partial charge in [0.1, 0.15) is 5.75 Å². The lowest BCUT2D eigenvalue weighted by molar-refractivity contribution is 0.415. The molecule has 5 rings (SSSR count). The van der Waals surface area contributed by atoms with Crippen LogP contribution in [-0.4, -0.2) is 31.4 Å². The molecule has 0 saturated carbocycles. The molecule has 4 heterocycles. The molecule has 6 nitrogen and oxygen atoms in total. The maximum absolute atomic E-state index is 5.39. The van der Waals surface area contributed by atoms with Crippen LogP contribution in [0.5, 0.6) is 5.75 Å². The zero-order valence-corrected chi connectivity index (χ0v) is 14.2. The number of ether oxygens (including phenoxy) is 1. The number of nitrogens with zero attached hydrogens (tertiary/aromatic N) is 4. The van der Waals surface area contributed by atoms with Gasteiger partial charge in [-0.15, -0.1) is 0 Å². The molecule has 1 N–H and O–H groups in total. The first-order chi connectivity index (χ1) is 12.2. The number of fused-ring (bicyclic) bond motifs is 4. The topological polar surface area (TPSA) is 60.7 Å². The fourth-order valence-electron chi connectivity index (χ4n) is 3.58. The minimum absolute atomic E-state index is 0.762. The van der Waals surface area contributed by atoms with Gasteiger partial charge in [-0.05, 0) is 24.3 Å². The summed E-state index contributed by atoms with van der Waals surface area (Å²) < 4.78 is 9.51. The van der Waals surface area contributed by atoms with Gasteiger partial charge >= 0.3 is 0 Å². The van der Waals surface area contributed by atoms with E-state index in [1.165, 1.54) is 0 Å². The van der Waals surface area contributed by atoms with Gasteiger partial charge in [0, 0.05) is 59.9 Å². The number of hydrogen-bond donors (Lipinski definition) is 1. The fourth-order valence-corrected chi connectivity index (χ4v) is 3.58. The van der Waals surface area contributed by atoms with Crippen LogP contribution in [0, 0.1) is 0 Å². The van der Waals surface area contributed by atoms with Crippen LogP contribution in [0.2, 0.25) is 0 Å². The zero-order chi connectivity index (χ0) is 17.1. The van der Waals surface area contributed by atoms with Crippen LogP contribution in [0.25, 0.3) is 44.1 Å². The van der Waals surface area contributed by atoms with Crippen molar-refractivity contribution >= 4 is 32.8 Å². The lowest BCUT2D eigenvalue weighted by Gasteiger charge is -2.01. The third kappa shape index (κ3) is 1.91. The highest BCUT2D eigenvalue weighted by Crippen LogP contribution is 2.35. The van der Waals surface area contributed by atoms with E-state index in [9.17, 15) is 0 Å². The quantitative estimate of drug-likeness (QED) is 0.537. The van der Waals surface area contributed by atoms with Crippen molar-refractivity contribution in [1.82, 2.24) is 24.3 Å². The first-order valence-electron chi connectivity index (χ1n) is 8.08. The minimum Gasteiger partial charge on any atom is -0.497 e. The van der Waals surface area contributed by atoms with Gasteiger partial charge in [-0.3, -0.25) is 4.68 Å². The predicted molar refractivity (Wildman–Crippen MR) is 98.8 cm³/mol. The Hall–Kier alpha value is -3.28. The van der Waals surface area contributed by atoms with Crippen molar-refractivity contribution in [2.75, 3.05) is 7.11 Å². The van der Waals surface area contributed by atoms with Crippen molar-refractivity contribution in [3.8, 4) is 17.0 Å². The predicted octanol–water partition coefficient (Wildman–Crippen LogP) is 3.62. The largest absolute Gasteiger partial charge is 0.497 e. The summed E-state index contributed by atoms with van der Waals surface area (Å²) in [6.45, 7) is 0. The summed E-state index contributed by atoms with van der Waals surface area (Å²) in [7, 11) is 5.73. The second-order valence-corrected chi connectivity index (χ2v) is 6.31. The van der Waals surface area contributed by atoms with Crippen LogP contribution in [-0.2, 0) is 14.1 Å². The number of aromatic amines is 1. The van der Waals surface area contributed by atoms with Gasteiger partial charge in [-0.25, -0.2) is 9.97 Å². The fraction of sp³-hybridized carbons (Fsp3) is 0.158.